The molecule has 1 saturated heterocycles. The van der Waals surface area contributed by atoms with Gasteiger partial charge in [0.1, 0.15) is 0 Å². The highest BCUT2D eigenvalue weighted by Gasteiger charge is 2.52. The van der Waals surface area contributed by atoms with Crippen LogP contribution in [0.5, 0.6) is 0 Å². The van der Waals surface area contributed by atoms with Crippen molar-refractivity contribution >= 4 is 12.7 Å². The first kappa shape index (κ1) is 13.4. The Morgan fingerprint density at radius 2 is 1.55 bits per heavy atom. The van der Waals surface area contributed by atoms with Crippen molar-refractivity contribution < 1.29 is 9.31 Å². The monoisotopic (exact) mass is 270 g/mol. The first-order valence-electron chi connectivity index (χ1n) is 6.86. The zero-order chi connectivity index (χ0) is 14.4. The third kappa shape index (κ3) is 2.07. The molecule has 0 saturated carbocycles. The van der Waals surface area contributed by atoms with Crippen molar-refractivity contribution in [1.29, 1.82) is 0 Å². The van der Waals surface area contributed by atoms with Crippen LogP contribution in [0.2, 0.25) is 0 Å². The fourth-order valence-corrected chi connectivity index (χ4v) is 2.24. The highest BCUT2D eigenvalue weighted by molar-refractivity contribution is 6.61. The molecule has 0 atom stereocenters. The third-order valence-electron chi connectivity index (χ3n) is 4.17. The topological polar surface area (TPSA) is 36.3 Å². The van der Waals surface area contributed by atoms with E-state index in [2.05, 4.69) is 32.8 Å². The average molecular weight is 270 g/mol. The summed E-state index contributed by atoms with van der Waals surface area (Å²) < 4.78 is 14.0. The van der Waals surface area contributed by atoms with E-state index in [4.69, 9.17) is 9.31 Å². The van der Waals surface area contributed by atoms with Crippen molar-refractivity contribution in [1.82, 2.24) is 9.78 Å². The van der Waals surface area contributed by atoms with Crippen LogP contribution in [0.4, 0.5) is 0 Å². The summed E-state index contributed by atoms with van der Waals surface area (Å²) in [4.78, 5) is 0. The minimum Gasteiger partial charge on any atom is -0.398 e. The van der Waals surface area contributed by atoms with Gasteiger partial charge in [0, 0.05) is 6.20 Å². The molecule has 1 aliphatic heterocycles. The van der Waals surface area contributed by atoms with E-state index in [0.717, 1.165) is 11.3 Å². The molecular weight excluding hydrogens is 251 g/mol. The van der Waals surface area contributed by atoms with E-state index < -0.39 is 7.12 Å². The van der Waals surface area contributed by atoms with Gasteiger partial charge in [-0.25, -0.2) is 4.68 Å². The molecule has 3 rings (SSSR count). The summed E-state index contributed by atoms with van der Waals surface area (Å²) in [5.41, 5.74) is 1.23. The molecule has 1 fully saturated rings. The van der Waals surface area contributed by atoms with Gasteiger partial charge in [-0.05, 0) is 45.9 Å². The van der Waals surface area contributed by atoms with Gasteiger partial charge in [-0.2, -0.15) is 5.10 Å². The van der Waals surface area contributed by atoms with Gasteiger partial charge in [0.25, 0.3) is 0 Å². The third-order valence-corrected chi connectivity index (χ3v) is 4.17. The Morgan fingerprint density at radius 1 is 0.950 bits per heavy atom. The van der Waals surface area contributed by atoms with Gasteiger partial charge >= 0.3 is 7.12 Å². The standard InChI is InChI=1S/C15H19BN2O2/c1-14(2)15(3,4)20-16(19-14)13-10-11-17-18(13)12-8-6-5-7-9-12/h5-11H,1-4H3. The van der Waals surface area contributed by atoms with Crippen molar-refractivity contribution in [3.05, 3.63) is 42.6 Å². The molecule has 5 heteroatoms. The SMILES string of the molecule is CC1(C)OB(c2ccnn2-c2ccccc2)OC1(C)C. The molecule has 4 nitrogen and oxygen atoms in total. The highest BCUT2D eigenvalue weighted by Crippen LogP contribution is 2.36. The van der Waals surface area contributed by atoms with Crippen LogP contribution in [0.3, 0.4) is 0 Å². The zero-order valence-electron chi connectivity index (χ0n) is 12.3. The van der Waals surface area contributed by atoms with Gasteiger partial charge < -0.3 is 9.31 Å². The molecular formula is C15H19BN2O2. The summed E-state index contributed by atoms with van der Waals surface area (Å²) in [5.74, 6) is 0. The Labute approximate surface area is 119 Å². The Kier molecular flexibility index (Phi) is 2.99. The normalized spacial score (nSPS) is 20.3. The summed E-state index contributed by atoms with van der Waals surface area (Å²) in [7, 11) is -0.400. The van der Waals surface area contributed by atoms with Gasteiger partial charge in [-0.1, -0.05) is 18.2 Å². The van der Waals surface area contributed by atoms with Crippen LogP contribution in [0.25, 0.3) is 5.69 Å². The predicted octanol–water partition coefficient (Wildman–Crippen LogP) is 2.17. The van der Waals surface area contributed by atoms with E-state index in [1.807, 2.05) is 41.1 Å². The lowest BCUT2D eigenvalue weighted by Gasteiger charge is -2.32. The van der Waals surface area contributed by atoms with Crippen LogP contribution in [0.15, 0.2) is 42.6 Å². The number of para-hydroxylation sites is 1. The molecule has 2 aromatic rings. The minimum atomic E-state index is -0.400. The summed E-state index contributed by atoms with van der Waals surface area (Å²) >= 11 is 0. The van der Waals surface area contributed by atoms with E-state index in [-0.39, 0.29) is 11.2 Å². The molecule has 1 aromatic carbocycles. The van der Waals surface area contributed by atoms with Gasteiger partial charge in [-0.15, -0.1) is 0 Å². The van der Waals surface area contributed by atoms with Gasteiger partial charge in [0.05, 0.1) is 22.5 Å². The van der Waals surface area contributed by atoms with Crippen LogP contribution in [-0.4, -0.2) is 28.1 Å². The van der Waals surface area contributed by atoms with Crippen LogP contribution >= 0.6 is 0 Å². The van der Waals surface area contributed by atoms with Crippen molar-refractivity contribution in [2.75, 3.05) is 0 Å². The summed E-state index contributed by atoms with van der Waals surface area (Å²) in [6, 6.07) is 11.9. The van der Waals surface area contributed by atoms with Crippen molar-refractivity contribution in [2.45, 2.75) is 38.9 Å². The summed E-state index contributed by atoms with van der Waals surface area (Å²) in [6.07, 6.45) is 1.77. The van der Waals surface area contributed by atoms with E-state index in [9.17, 15) is 0 Å². The van der Waals surface area contributed by atoms with E-state index in [1.165, 1.54) is 0 Å². The lowest BCUT2D eigenvalue weighted by atomic mass is 9.84. The van der Waals surface area contributed by atoms with E-state index in [1.54, 1.807) is 6.20 Å². The molecule has 104 valence electrons. The molecule has 0 unspecified atom stereocenters. The zero-order valence-corrected chi connectivity index (χ0v) is 12.3. The van der Waals surface area contributed by atoms with Crippen LogP contribution in [0, 0.1) is 0 Å². The molecule has 20 heavy (non-hydrogen) atoms. The van der Waals surface area contributed by atoms with Crippen molar-refractivity contribution in [2.24, 2.45) is 0 Å². The second-order valence-electron chi connectivity index (χ2n) is 6.09. The van der Waals surface area contributed by atoms with Crippen LogP contribution in [0.1, 0.15) is 27.7 Å². The molecule has 1 aromatic heterocycles. The Hall–Kier alpha value is -1.59. The second kappa shape index (κ2) is 4.47. The van der Waals surface area contributed by atoms with E-state index in [0.29, 0.717) is 0 Å². The minimum absolute atomic E-state index is 0.344. The quantitative estimate of drug-likeness (QED) is 0.785. The summed E-state index contributed by atoms with van der Waals surface area (Å²) in [5, 5.41) is 4.38. The maximum Gasteiger partial charge on any atom is 0.514 e. The van der Waals surface area contributed by atoms with Crippen molar-refractivity contribution in [3.63, 3.8) is 0 Å². The first-order chi connectivity index (χ1) is 9.41. The Bertz CT molecular complexity index is 591. The van der Waals surface area contributed by atoms with Crippen molar-refractivity contribution in [3.8, 4) is 5.69 Å². The van der Waals surface area contributed by atoms with Gasteiger partial charge in [0.2, 0.25) is 0 Å². The lowest BCUT2D eigenvalue weighted by Crippen LogP contribution is -2.41. The first-order valence-corrected chi connectivity index (χ1v) is 6.86. The molecule has 0 bridgehead atoms. The van der Waals surface area contributed by atoms with Gasteiger partial charge in [-0.3, -0.25) is 0 Å². The number of benzene rings is 1. The fourth-order valence-electron chi connectivity index (χ4n) is 2.24. The Balaban J connectivity index is 1.96. The number of nitrogens with zero attached hydrogens (tertiary/aromatic N) is 2. The second-order valence-corrected chi connectivity index (χ2v) is 6.09. The van der Waals surface area contributed by atoms with Crippen LogP contribution < -0.4 is 5.59 Å². The summed E-state index contributed by atoms with van der Waals surface area (Å²) in [6.45, 7) is 8.21. The Morgan fingerprint density at radius 3 is 2.15 bits per heavy atom. The number of hydrogen-bond donors (Lipinski definition) is 0. The maximum absolute atomic E-state index is 6.09. The number of rotatable bonds is 2. The van der Waals surface area contributed by atoms with E-state index >= 15 is 0 Å². The molecule has 0 radical (unpaired) electrons. The molecule has 0 spiro atoms. The van der Waals surface area contributed by atoms with Gasteiger partial charge in [0.15, 0.2) is 0 Å². The number of hydrogen-bond acceptors (Lipinski definition) is 3. The largest absolute Gasteiger partial charge is 0.514 e. The highest BCUT2D eigenvalue weighted by atomic mass is 16.7. The smallest absolute Gasteiger partial charge is 0.398 e. The molecule has 1 aliphatic rings. The maximum atomic E-state index is 6.09. The average Bonchev–Trinajstić information content (AvgIpc) is 2.94. The van der Waals surface area contributed by atoms with Crippen LogP contribution in [-0.2, 0) is 9.31 Å². The predicted molar refractivity (Wildman–Crippen MR) is 79.3 cm³/mol. The number of aromatic nitrogens is 2. The lowest BCUT2D eigenvalue weighted by molar-refractivity contribution is 0.00578. The molecule has 0 N–H and O–H groups in total. The molecule has 0 amide bonds. The molecule has 2 heterocycles. The fraction of sp³-hybridized carbons (Fsp3) is 0.400. The molecule has 0 aliphatic carbocycles.